The van der Waals surface area contributed by atoms with Gasteiger partial charge in [0.15, 0.2) is 0 Å². The number of anilines is 1. The molecule has 0 saturated heterocycles. The van der Waals surface area contributed by atoms with Crippen LogP contribution in [0.1, 0.15) is 61.4 Å². The Kier molecular flexibility index (Phi) is 12.0. The van der Waals surface area contributed by atoms with Crippen LogP contribution in [0.3, 0.4) is 0 Å². The van der Waals surface area contributed by atoms with Crippen LogP contribution >= 0.6 is 15.9 Å². The first kappa shape index (κ1) is 30.7. The molecule has 0 bridgehead atoms. The standard InChI is InChI=1S/C31H35BrN2O6/c1-4-23-16-25(32)14-15-27(23)21(3)19-39-30(36)33-26-13-9-12-24(17-26)28(18-29(35)38-5-2)34-31(37)40-20-22-10-7-6-8-11-22/h6-17,21,28H,4-5,18-20H2,1-3H3,(H,33,36)(H,34,37)/t21-,28+/m0/s1. The van der Waals surface area contributed by atoms with E-state index < -0.39 is 24.2 Å². The number of ether oxygens (including phenoxy) is 3. The van der Waals surface area contributed by atoms with Gasteiger partial charge >= 0.3 is 18.2 Å². The van der Waals surface area contributed by atoms with Gasteiger partial charge in [-0.05, 0) is 59.9 Å². The summed E-state index contributed by atoms with van der Waals surface area (Å²) in [6.45, 7) is 6.33. The summed E-state index contributed by atoms with van der Waals surface area (Å²) in [6.07, 6.45) is -0.508. The molecule has 0 spiro atoms. The van der Waals surface area contributed by atoms with E-state index in [2.05, 4.69) is 39.6 Å². The van der Waals surface area contributed by atoms with Gasteiger partial charge in [0.25, 0.3) is 0 Å². The molecule has 3 rings (SSSR count). The van der Waals surface area contributed by atoms with Gasteiger partial charge in [0, 0.05) is 16.1 Å². The van der Waals surface area contributed by atoms with E-state index in [0.29, 0.717) is 11.3 Å². The predicted molar refractivity (Wildman–Crippen MR) is 157 cm³/mol. The first-order chi connectivity index (χ1) is 19.3. The summed E-state index contributed by atoms with van der Waals surface area (Å²) < 4.78 is 16.9. The Bertz CT molecular complexity index is 1280. The van der Waals surface area contributed by atoms with Crippen LogP contribution < -0.4 is 10.6 Å². The number of nitrogens with one attached hydrogen (secondary N) is 2. The number of benzene rings is 3. The first-order valence-corrected chi connectivity index (χ1v) is 14.0. The van der Waals surface area contributed by atoms with E-state index in [1.54, 1.807) is 31.2 Å². The lowest BCUT2D eigenvalue weighted by molar-refractivity contribution is -0.143. The number of hydrogen-bond acceptors (Lipinski definition) is 6. The Morgan fingerprint density at radius 3 is 2.38 bits per heavy atom. The van der Waals surface area contributed by atoms with Crippen molar-refractivity contribution in [2.75, 3.05) is 18.5 Å². The van der Waals surface area contributed by atoms with Gasteiger partial charge in [0.1, 0.15) is 6.61 Å². The Labute approximate surface area is 243 Å². The van der Waals surface area contributed by atoms with Crippen molar-refractivity contribution in [1.82, 2.24) is 5.32 Å². The zero-order valence-corrected chi connectivity index (χ0v) is 24.5. The monoisotopic (exact) mass is 610 g/mol. The molecule has 0 aliphatic heterocycles. The molecular formula is C31H35BrN2O6. The maximum absolute atomic E-state index is 12.6. The van der Waals surface area contributed by atoms with Crippen LogP contribution in [0.5, 0.6) is 0 Å². The van der Waals surface area contributed by atoms with Crippen LogP contribution in [0, 0.1) is 0 Å². The number of esters is 1. The van der Waals surface area contributed by atoms with Gasteiger partial charge in [0.2, 0.25) is 0 Å². The summed E-state index contributed by atoms with van der Waals surface area (Å²) in [7, 11) is 0. The minimum atomic E-state index is -0.731. The van der Waals surface area contributed by atoms with E-state index >= 15 is 0 Å². The molecule has 0 aliphatic rings. The van der Waals surface area contributed by atoms with Crippen LogP contribution in [-0.2, 0) is 32.0 Å². The highest BCUT2D eigenvalue weighted by atomic mass is 79.9. The van der Waals surface area contributed by atoms with Crippen LogP contribution in [-0.4, -0.2) is 31.4 Å². The molecule has 9 heteroatoms. The third kappa shape index (κ3) is 9.72. The molecule has 0 unspecified atom stereocenters. The predicted octanol–water partition coefficient (Wildman–Crippen LogP) is 7.28. The molecule has 0 fully saturated rings. The van der Waals surface area contributed by atoms with E-state index in [0.717, 1.165) is 22.0 Å². The Balaban J connectivity index is 1.63. The zero-order chi connectivity index (χ0) is 28.9. The normalized spacial score (nSPS) is 12.1. The van der Waals surface area contributed by atoms with Crippen LogP contribution in [0.2, 0.25) is 0 Å². The topological polar surface area (TPSA) is 103 Å². The number of halogens is 1. The Morgan fingerprint density at radius 1 is 0.875 bits per heavy atom. The molecule has 0 saturated carbocycles. The fraction of sp³-hybridized carbons (Fsp3) is 0.323. The third-order valence-corrected chi connectivity index (χ3v) is 6.69. The zero-order valence-electron chi connectivity index (χ0n) is 22.9. The fourth-order valence-corrected chi connectivity index (χ4v) is 4.59. The maximum atomic E-state index is 12.6. The lowest BCUT2D eigenvalue weighted by Crippen LogP contribution is -2.31. The average Bonchev–Trinajstić information content (AvgIpc) is 2.95. The second-order valence-electron chi connectivity index (χ2n) is 9.21. The van der Waals surface area contributed by atoms with Crippen molar-refractivity contribution in [2.45, 2.75) is 52.2 Å². The number of carbonyl (C=O) groups is 3. The SMILES string of the molecule is CCOC(=O)C[C@@H](NC(=O)OCc1ccccc1)c1cccc(NC(=O)OC[C@H](C)c2ccc(Br)cc2CC)c1. The van der Waals surface area contributed by atoms with Gasteiger partial charge < -0.3 is 19.5 Å². The van der Waals surface area contributed by atoms with Crippen molar-refractivity contribution in [2.24, 2.45) is 0 Å². The number of hydrogen-bond donors (Lipinski definition) is 2. The lowest BCUT2D eigenvalue weighted by atomic mass is 9.95. The van der Waals surface area contributed by atoms with Crippen molar-refractivity contribution < 1.29 is 28.6 Å². The fourth-order valence-electron chi connectivity index (χ4n) is 4.18. The van der Waals surface area contributed by atoms with Crippen molar-refractivity contribution >= 4 is 39.8 Å². The summed E-state index contributed by atoms with van der Waals surface area (Å²) >= 11 is 3.50. The number of amides is 2. The van der Waals surface area contributed by atoms with E-state index in [1.165, 1.54) is 5.56 Å². The van der Waals surface area contributed by atoms with Gasteiger partial charge in [-0.25, -0.2) is 9.59 Å². The molecule has 8 nitrogen and oxygen atoms in total. The van der Waals surface area contributed by atoms with Crippen LogP contribution in [0.25, 0.3) is 0 Å². The van der Waals surface area contributed by atoms with Crippen molar-refractivity contribution in [1.29, 1.82) is 0 Å². The van der Waals surface area contributed by atoms with Gasteiger partial charge in [-0.1, -0.05) is 78.3 Å². The lowest BCUT2D eigenvalue weighted by Gasteiger charge is -2.20. The van der Waals surface area contributed by atoms with E-state index in [4.69, 9.17) is 14.2 Å². The molecule has 3 aromatic rings. The highest BCUT2D eigenvalue weighted by Crippen LogP contribution is 2.25. The van der Waals surface area contributed by atoms with E-state index in [9.17, 15) is 14.4 Å². The number of aryl methyl sites for hydroxylation is 1. The summed E-state index contributed by atoms with van der Waals surface area (Å²) in [5, 5.41) is 5.47. The third-order valence-electron chi connectivity index (χ3n) is 6.20. The van der Waals surface area contributed by atoms with Crippen LogP contribution in [0.4, 0.5) is 15.3 Å². The summed E-state index contributed by atoms with van der Waals surface area (Å²) in [6, 6.07) is 21.5. The number of carbonyl (C=O) groups excluding carboxylic acids is 3. The molecule has 2 N–H and O–H groups in total. The summed E-state index contributed by atoms with van der Waals surface area (Å²) in [5.74, 6) is -0.456. The van der Waals surface area contributed by atoms with E-state index in [-0.39, 0.29) is 32.2 Å². The van der Waals surface area contributed by atoms with Gasteiger partial charge in [-0.3, -0.25) is 10.1 Å². The molecule has 3 aromatic carbocycles. The quantitative estimate of drug-likeness (QED) is 0.165. The second kappa shape index (κ2) is 15.7. The summed E-state index contributed by atoms with van der Waals surface area (Å²) in [4.78, 5) is 37.4. The van der Waals surface area contributed by atoms with Crippen molar-refractivity contribution in [3.05, 3.63) is 99.5 Å². The molecule has 0 radical (unpaired) electrons. The van der Waals surface area contributed by atoms with Gasteiger partial charge in [0.05, 0.1) is 25.7 Å². The van der Waals surface area contributed by atoms with E-state index in [1.807, 2.05) is 49.4 Å². The smallest absolute Gasteiger partial charge is 0.411 e. The Morgan fingerprint density at radius 2 is 1.65 bits per heavy atom. The largest absolute Gasteiger partial charge is 0.466 e. The minimum absolute atomic E-state index is 0.0141. The van der Waals surface area contributed by atoms with Crippen molar-refractivity contribution in [3.8, 4) is 0 Å². The number of rotatable bonds is 12. The van der Waals surface area contributed by atoms with Crippen molar-refractivity contribution in [3.63, 3.8) is 0 Å². The molecule has 2 amide bonds. The van der Waals surface area contributed by atoms with Gasteiger partial charge in [-0.2, -0.15) is 0 Å². The molecular weight excluding hydrogens is 576 g/mol. The molecule has 0 aromatic heterocycles. The van der Waals surface area contributed by atoms with Crippen LogP contribution in [0.15, 0.2) is 77.3 Å². The molecule has 40 heavy (non-hydrogen) atoms. The second-order valence-corrected chi connectivity index (χ2v) is 10.1. The molecule has 0 aliphatic carbocycles. The first-order valence-electron chi connectivity index (χ1n) is 13.2. The minimum Gasteiger partial charge on any atom is -0.466 e. The molecule has 212 valence electrons. The molecule has 2 atom stereocenters. The molecule has 0 heterocycles. The Hall–Kier alpha value is -3.85. The summed E-state index contributed by atoms with van der Waals surface area (Å²) in [5.41, 5.74) is 4.22. The van der Waals surface area contributed by atoms with Gasteiger partial charge in [-0.15, -0.1) is 0 Å². The number of alkyl carbamates (subject to hydrolysis) is 1. The highest BCUT2D eigenvalue weighted by Gasteiger charge is 2.21. The highest BCUT2D eigenvalue weighted by molar-refractivity contribution is 9.10. The average molecular weight is 612 g/mol. The maximum Gasteiger partial charge on any atom is 0.411 e.